The molecule has 1 aliphatic rings. The second-order valence-electron chi connectivity index (χ2n) is 6.90. The highest BCUT2D eigenvalue weighted by Gasteiger charge is 2.20. The first kappa shape index (κ1) is 17.5. The highest BCUT2D eigenvalue weighted by molar-refractivity contribution is 5.74. The first-order valence-electron chi connectivity index (χ1n) is 8.96. The van der Waals surface area contributed by atoms with Crippen molar-refractivity contribution in [2.45, 2.75) is 26.9 Å². The number of nitrogens with zero attached hydrogens (tertiary/aromatic N) is 2. The van der Waals surface area contributed by atoms with E-state index in [1.165, 1.54) is 16.7 Å². The van der Waals surface area contributed by atoms with E-state index in [1.54, 1.807) is 0 Å². The van der Waals surface area contributed by atoms with E-state index in [-0.39, 0.29) is 6.03 Å². The number of piperazine rings is 1. The van der Waals surface area contributed by atoms with Crippen LogP contribution in [-0.2, 0) is 13.1 Å². The van der Waals surface area contributed by atoms with Gasteiger partial charge in [0.15, 0.2) is 0 Å². The van der Waals surface area contributed by atoms with Crippen molar-refractivity contribution in [3.05, 3.63) is 70.8 Å². The van der Waals surface area contributed by atoms with Gasteiger partial charge >= 0.3 is 6.03 Å². The lowest BCUT2D eigenvalue weighted by Gasteiger charge is -2.34. The smallest absolute Gasteiger partial charge is 0.317 e. The minimum Gasteiger partial charge on any atom is -0.334 e. The van der Waals surface area contributed by atoms with Crippen LogP contribution in [0.1, 0.15) is 22.3 Å². The molecule has 0 bridgehead atoms. The largest absolute Gasteiger partial charge is 0.334 e. The van der Waals surface area contributed by atoms with E-state index in [0.717, 1.165) is 38.3 Å². The third kappa shape index (κ3) is 5.07. The maximum atomic E-state index is 12.4. The average molecular weight is 337 g/mol. The van der Waals surface area contributed by atoms with Gasteiger partial charge in [-0.05, 0) is 25.0 Å². The summed E-state index contributed by atoms with van der Waals surface area (Å²) in [6, 6.07) is 16.9. The number of carbonyl (C=O) groups excluding carboxylic acids is 1. The normalized spacial score (nSPS) is 15.2. The third-order valence-corrected chi connectivity index (χ3v) is 4.67. The molecule has 2 aromatic rings. The zero-order valence-corrected chi connectivity index (χ0v) is 15.2. The van der Waals surface area contributed by atoms with Crippen LogP contribution in [0.5, 0.6) is 0 Å². The number of amides is 2. The van der Waals surface area contributed by atoms with Gasteiger partial charge < -0.3 is 10.2 Å². The summed E-state index contributed by atoms with van der Waals surface area (Å²) in [4.78, 5) is 16.7. The van der Waals surface area contributed by atoms with Gasteiger partial charge in [0.1, 0.15) is 0 Å². The summed E-state index contributed by atoms with van der Waals surface area (Å²) in [6.07, 6.45) is 0. The van der Waals surface area contributed by atoms with Crippen LogP contribution in [0.3, 0.4) is 0 Å². The molecule has 0 spiro atoms. The van der Waals surface area contributed by atoms with Crippen LogP contribution in [0.25, 0.3) is 0 Å². The number of benzene rings is 2. The van der Waals surface area contributed by atoms with E-state index >= 15 is 0 Å². The maximum Gasteiger partial charge on any atom is 0.317 e. The molecule has 1 fully saturated rings. The molecule has 25 heavy (non-hydrogen) atoms. The summed E-state index contributed by atoms with van der Waals surface area (Å²) < 4.78 is 0. The number of aryl methyl sites for hydroxylation is 2. The van der Waals surface area contributed by atoms with Gasteiger partial charge in [0, 0.05) is 39.3 Å². The van der Waals surface area contributed by atoms with Crippen LogP contribution in [0.2, 0.25) is 0 Å². The van der Waals surface area contributed by atoms with Crippen LogP contribution in [0.15, 0.2) is 48.5 Å². The Morgan fingerprint density at radius 1 is 0.920 bits per heavy atom. The lowest BCUT2D eigenvalue weighted by atomic mass is 10.1. The van der Waals surface area contributed by atoms with Gasteiger partial charge in [-0.3, -0.25) is 4.90 Å². The Labute approximate surface area is 150 Å². The van der Waals surface area contributed by atoms with Gasteiger partial charge in [0.05, 0.1) is 0 Å². The molecule has 0 unspecified atom stereocenters. The van der Waals surface area contributed by atoms with Crippen LogP contribution in [0.4, 0.5) is 4.79 Å². The van der Waals surface area contributed by atoms with Crippen molar-refractivity contribution in [3.63, 3.8) is 0 Å². The molecule has 0 radical (unpaired) electrons. The van der Waals surface area contributed by atoms with E-state index in [2.05, 4.69) is 60.5 Å². The molecule has 3 rings (SSSR count). The molecule has 2 aromatic carbocycles. The van der Waals surface area contributed by atoms with Crippen molar-refractivity contribution in [1.29, 1.82) is 0 Å². The number of nitrogens with one attached hydrogen (secondary N) is 1. The predicted octanol–water partition coefficient (Wildman–Crippen LogP) is 3.33. The highest BCUT2D eigenvalue weighted by atomic mass is 16.2. The Morgan fingerprint density at radius 2 is 1.52 bits per heavy atom. The summed E-state index contributed by atoms with van der Waals surface area (Å²) in [7, 11) is 0. The monoisotopic (exact) mass is 337 g/mol. The topological polar surface area (TPSA) is 35.6 Å². The number of hydrogen-bond donors (Lipinski definition) is 1. The molecular formula is C21H27N3O. The van der Waals surface area contributed by atoms with Crippen molar-refractivity contribution in [2.75, 3.05) is 26.2 Å². The Kier molecular flexibility index (Phi) is 5.71. The van der Waals surface area contributed by atoms with Crippen molar-refractivity contribution in [1.82, 2.24) is 15.1 Å². The molecule has 132 valence electrons. The van der Waals surface area contributed by atoms with Gasteiger partial charge in [-0.25, -0.2) is 4.79 Å². The van der Waals surface area contributed by atoms with Crippen molar-refractivity contribution in [3.8, 4) is 0 Å². The summed E-state index contributed by atoms with van der Waals surface area (Å²) >= 11 is 0. The number of carbonyl (C=O) groups is 1. The molecule has 1 heterocycles. The van der Waals surface area contributed by atoms with Gasteiger partial charge in [-0.1, -0.05) is 59.7 Å². The average Bonchev–Trinajstić information content (AvgIpc) is 2.60. The molecule has 2 amide bonds. The molecule has 0 aliphatic carbocycles. The van der Waals surface area contributed by atoms with E-state index in [4.69, 9.17) is 0 Å². The lowest BCUT2D eigenvalue weighted by molar-refractivity contribution is 0.135. The van der Waals surface area contributed by atoms with Crippen LogP contribution in [0, 0.1) is 13.8 Å². The Bertz CT molecular complexity index is 721. The lowest BCUT2D eigenvalue weighted by Crippen LogP contribution is -2.51. The molecular weight excluding hydrogens is 310 g/mol. The Morgan fingerprint density at radius 3 is 2.16 bits per heavy atom. The van der Waals surface area contributed by atoms with Gasteiger partial charge in [-0.2, -0.15) is 0 Å². The maximum absolute atomic E-state index is 12.4. The third-order valence-electron chi connectivity index (χ3n) is 4.67. The minimum absolute atomic E-state index is 0.0386. The number of hydrogen-bond acceptors (Lipinski definition) is 2. The molecule has 0 atom stereocenters. The quantitative estimate of drug-likeness (QED) is 0.929. The summed E-state index contributed by atoms with van der Waals surface area (Å²) in [5.41, 5.74) is 5.01. The number of rotatable bonds is 4. The van der Waals surface area contributed by atoms with Gasteiger partial charge in [0.2, 0.25) is 0 Å². The molecule has 1 saturated heterocycles. The zero-order chi connectivity index (χ0) is 17.6. The second kappa shape index (κ2) is 8.17. The summed E-state index contributed by atoms with van der Waals surface area (Å²) in [5, 5.41) is 3.04. The first-order valence-corrected chi connectivity index (χ1v) is 8.96. The zero-order valence-electron chi connectivity index (χ0n) is 15.2. The van der Waals surface area contributed by atoms with E-state index < -0.39 is 0 Å². The van der Waals surface area contributed by atoms with Crippen molar-refractivity contribution < 1.29 is 4.79 Å². The summed E-state index contributed by atoms with van der Waals surface area (Å²) in [5.74, 6) is 0. The van der Waals surface area contributed by atoms with Crippen LogP contribution in [-0.4, -0.2) is 42.0 Å². The van der Waals surface area contributed by atoms with E-state index in [9.17, 15) is 4.79 Å². The fraction of sp³-hybridized carbons (Fsp3) is 0.381. The standard InChI is InChI=1S/C21H27N3O/c1-17-5-3-7-19(13-17)15-22-21(25)24-11-9-23(10-12-24)16-20-8-4-6-18(2)14-20/h3-8,13-14H,9-12,15-16H2,1-2H3,(H,22,25). The minimum atomic E-state index is 0.0386. The Balaban J connectivity index is 1.44. The fourth-order valence-electron chi connectivity index (χ4n) is 3.29. The SMILES string of the molecule is Cc1cccc(CNC(=O)N2CCN(Cc3cccc(C)c3)CC2)c1. The van der Waals surface area contributed by atoms with Crippen LogP contribution < -0.4 is 5.32 Å². The highest BCUT2D eigenvalue weighted by Crippen LogP contribution is 2.11. The molecule has 4 nitrogen and oxygen atoms in total. The van der Waals surface area contributed by atoms with Crippen molar-refractivity contribution >= 4 is 6.03 Å². The Hall–Kier alpha value is -2.33. The van der Waals surface area contributed by atoms with E-state index in [1.807, 2.05) is 17.0 Å². The molecule has 0 aromatic heterocycles. The van der Waals surface area contributed by atoms with Gasteiger partial charge in [0.25, 0.3) is 0 Å². The number of urea groups is 1. The first-order chi connectivity index (χ1) is 12.1. The fourth-order valence-corrected chi connectivity index (χ4v) is 3.29. The molecule has 1 N–H and O–H groups in total. The molecule has 4 heteroatoms. The van der Waals surface area contributed by atoms with Crippen molar-refractivity contribution in [2.24, 2.45) is 0 Å². The van der Waals surface area contributed by atoms with Crippen LogP contribution >= 0.6 is 0 Å². The summed E-state index contributed by atoms with van der Waals surface area (Å²) in [6.45, 7) is 9.15. The van der Waals surface area contributed by atoms with E-state index in [0.29, 0.717) is 6.54 Å². The second-order valence-corrected chi connectivity index (χ2v) is 6.90. The predicted molar refractivity (Wildman–Crippen MR) is 101 cm³/mol. The molecule has 1 aliphatic heterocycles. The van der Waals surface area contributed by atoms with Gasteiger partial charge in [-0.15, -0.1) is 0 Å². The molecule has 0 saturated carbocycles.